The van der Waals surface area contributed by atoms with Crippen molar-refractivity contribution in [3.8, 4) is 0 Å². The van der Waals surface area contributed by atoms with E-state index in [4.69, 9.17) is 0 Å². The van der Waals surface area contributed by atoms with Crippen LogP contribution in [0.5, 0.6) is 0 Å². The van der Waals surface area contributed by atoms with Crippen molar-refractivity contribution in [1.29, 1.82) is 0 Å². The maximum Gasteiger partial charge on any atom is -0.0150 e. The molecule has 0 N–H and O–H groups in total. The van der Waals surface area contributed by atoms with Crippen LogP contribution in [0.3, 0.4) is 0 Å². The first-order valence-corrected chi connectivity index (χ1v) is 14.2. The number of rotatable bonds is 11. The molecule has 0 heterocycles. The number of aryl methyl sites for hydroxylation is 1. The molecule has 0 radical (unpaired) electrons. The molecule has 0 unspecified atom stereocenters. The van der Waals surface area contributed by atoms with Gasteiger partial charge in [-0.25, -0.2) is 0 Å². The molecule has 0 aliphatic heterocycles. The fourth-order valence-electron chi connectivity index (χ4n) is 5.68. The lowest BCUT2D eigenvalue weighted by Crippen LogP contribution is -2.15. The zero-order chi connectivity index (χ0) is 25.0. The summed E-state index contributed by atoms with van der Waals surface area (Å²) in [4.78, 5) is 0. The average Bonchev–Trinajstić information content (AvgIpc) is 2.93. The fourth-order valence-corrected chi connectivity index (χ4v) is 5.68. The molecular weight excluding hydrogens is 432 g/mol. The van der Waals surface area contributed by atoms with Gasteiger partial charge in [-0.3, -0.25) is 0 Å². The van der Waals surface area contributed by atoms with Gasteiger partial charge in [0.25, 0.3) is 0 Å². The second-order valence-corrected chi connectivity index (χ2v) is 10.9. The van der Waals surface area contributed by atoms with E-state index in [0.29, 0.717) is 5.92 Å². The minimum Gasteiger partial charge on any atom is -0.0917 e. The van der Waals surface area contributed by atoms with E-state index in [9.17, 15) is 0 Å². The van der Waals surface area contributed by atoms with Crippen LogP contribution in [-0.2, 0) is 12.8 Å². The predicted octanol–water partition coefficient (Wildman–Crippen LogP) is 10.3. The minimum atomic E-state index is 0.536. The quantitative estimate of drug-likeness (QED) is 0.191. The molecular formula is C36H44. The Morgan fingerprint density at radius 1 is 0.694 bits per heavy atom. The molecule has 4 rings (SSSR count). The Balaban J connectivity index is 1.20. The van der Waals surface area contributed by atoms with Gasteiger partial charge in [0.15, 0.2) is 0 Å². The predicted molar refractivity (Wildman–Crippen MR) is 158 cm³/mol. The SMILES string of the molecule is C/C=C/CCC1CCC(CCc2ccc(C=Cc3ccc(C[C@H](C)c4ccccc4)cc3)cc2)CC1. The van der Waals surface area contributed by atoms with Gasteiger partial charge in [-0.2, -0.15) is 0 Å². The molecule has 0 bridgehead atoms. The lowest BCUT2D eigenvalue weighted by Gasteiger charge is -2.28. The van der Waals surface area contributed by atoms with E-state index in [2.05, 4.69) is 117 Å². The Hall–Kier alpha value is -2.86. The van der Waals surface area contributed by atoms with Crippen LogP contribution >= 0.6 is 0 Å². The standard InChI is InChI=1S/C36H44/c1-3-4-6-9-30-12-14-31(15-13-30)16-17-32-18-20-33(21-19-32)22-23-34-24-26-35(27-25-34)28-29(2)36-10-7-5-8-11-36/h3-5,7-8,10-11,18-27,29-31H,6,9,12-17,28H2,1-2H3/b4-3+,23-22?/t29-,30?,31?/m0/s1. The summed E-state index contributed by atoms with van der Waals surface area (Å²) < 4.78 is 0. The van der Waals surface area contributed by atoms with Crippen molar-refractivity contribution >= 4 is 12.2 Å². The summed E-state index contributed by atoms with van der Waals surface area (Å²) in [6.45, 7) is 4.44. The van der Waals surface area contributed by atoms with Gasteiger partial charge in [0.05, 0.1) is 0 Å². The molecule has 0 amide bonds. The van der Waals surface area contributed by atoms with Crippen LogP contribution < -0.4 is 0 Å². The first-order valence-electron chi connectivity index (χ1n) is 14.2. The molecule has 188 valence electrons. The molecule has 1 aliphatic carbocycles. The van der Waals surface area contributed by atoms with E-state index in [-0.39, 0.29) is 0 Å². The topological polar surface area (TPSA) is 0 Å². The van der Waals surface area contributed by atoms with E-state index in [0.717, 1.165) is 18.3 Å². The Bertz CT molecular complexity index is 1060. The molecule has 1 atom stereocenters. The smallest absolute Gasteiger partial charge is 0.0150 e. The lowest BCUT2D eigenvalue weighted by atomic mass is 9.78. The summed E-state index contributed by atoms with van der Waals surface area (Å²) in [5, 5.41) is 0. The van der Waals surface area contributed by atoms with E-state index < -0.39 is 0 Å². The Labute approximate surface area is 220 Å². The van der Waals surface area contributed by atoms with Crippen LogP contribution in [0.15, 0.2) is 91.0 Å². The fraction of sp³-hybridized carbons (Fsp3) is 0.389. The van der Waals surface area contributed by atoms with Crippen LogP contribution in [0.4, 0.5) is 0 Å². The number of hydrogen-bond donors (Lipinski definition) is 0. The summed E-state index contributed by atoms with van der Waals surface area (Å²) in [5.74, 6) is 2.44. The van der Waals surface area contributed by atoms with E-state index in [1.165, 1.54) is 79.2 Å². The summed E-state index contributed by atoms with van der Waals surface area (Å²) in [6, 6.07) is 29.1. The summed E-state index contributed by atoms with van der Waals surface area (Å²) >= 11 is 0. The van der Waals surface area contributed by atoms with Crippen molar-refractivity contribution in [2.24, 2.45) is 11.8 Å². The molecule has 3 aromatic carbocycles. The van der Waals surface area contributed by atoms with Crippen molar-refractivity contribution in [2.75, 3.05) is 0 Å². The molecule has 1 fully saturated rings. The summed E-state index contributed by atoms with van der Waals surface area (Å²) in [5.41, 5.74) is 6.83. The molecule has 0 aromatic heterocycles. The van der Waals surface area contributed by atoms with Gasteiger partial charge >= 0.3 is 0 Å². The van der Waals surface area contributed by atoms with Gasteiger partial charge < -0.3 is 0 Å². The molecule has 0 heteroatoms. The first-order chi connectivity index (χ1) is 17.7. The van der Waals surface area contributed by atoms with Crippen molar-refractivity contribution in [3.63, 3.8) is 0 Å². The molecule has 0 saturated heterocycles. The molecule has 3 aromatic rings. The third kappa shape index (κ3) is 8.37. The number of allylic oxidation sites excluding steroid dienone is 2. The highest BCUT2D eigenvalue weighted by atomic mass is 14.3. The van der Waals surface area contributed by atoms with E-state index in [1.807, 2.05) is 0 Å². The zero-order valence-electron chi connectivity index (χ0n) is 22.4. The van der Waals surface area contributed by atoms with Gasteiger partial charge in [-0.15, -0.1) is 0 Å². The normalized spacial score (nSPS) is 19.2. The average molecular weight is 477 g/mol. The van der Waals surface area contributed by atoms with Gasteiger partial charge in [-0.05, 0) is 84.6 Å². The largest absolute Gasteiger partial charge is 0.0917 e. The van der Waals surface area contributed by atoms with Crippen LogP contribution in [-0.4, -0.2) is 0 Å². The second-order valence-electron chi connectivity index (χ2n) is 10.9. The second kappa shape index (κ2) is 14.0. The van der Waals surface area contributed by atoms with Crippen molar-refractivity contribution in [1.82, 2.24) is 0 Å². The van der Waals surface area contributed by atoms with Crippen LogP contribution in [0.1, 0.15) is 92.5 Å². The van der Waals surface area contributed by atoms with Crippen LogP contribution in [0.2, 0.25) is 0 Å². The van der Waals surface area contributed by atoms with Crippen molar-refractivity contribution in [3.05, 3.63) is 119 Å². The van der Waals surface area contributed by atoms with Gasteiger partial charge in [0.1, 0.15) is 0 Å². The first kappa shape index (κ1) is 26.2. The Morgan fingerprint density at radius 3 is 1.83 bits per heavy atom. The highest BCUT2D eigenvalue weighted by molar-refractivity contribution is 5.69. The molecule has 1 aliphatic rings. The Morgan fingerprint density at radius 2 is 1.25 bits per heavy atom. The van der Waals surface area contributed by atoms with Crippen LogP contribution in [0, 0.1) is 11.8 Å². The molecule has 1 saturated carbocycles. The number of hydrogen-bond acceptors (Lipinski definition) is 0. The minimum absolute atomic E-state index is 0.536. The molecule has 36 heavy (non-hydrogen) atoms. The van der Waals surface area contributed by atoms with Crippen molar-refractivity contribution in [2.45, 2.75) is 77.6 Å². The third-order valence-electron chi connectivity index (χ3n) is 8.12. The summed E-state index contributed by atoms with van der Waals surface area (Å²) in [6.07, 6.45) is 21.1. The molecule has 0 spiro atoms. The highest BCUT2D eigenvalue weighted by Gasteiger charge is 2.20. The lowest BCUT2D eigenvalue weighted by molar-refractivity contribution is 0.254. The monoisotopic (exact) mass is 476 g/mol. The summed E-state index contributed by atoms with van der Waals surface area (Å²) in [7, 11) is 0. The third-order valence-corrected chi connectivity index (χ3v) is 8.12. The Kier molecular flexibility index (Phi) is 10.2. The van der Waals surface area contributed by atoms with Gasteiger partial charge in [-0.1, -0.05) is 136 Å². The van der Waals surface area contributed by atoms with E-state index in [1.54, 1.807) is 0 Å². The van der Waals surface area contributed by atoms with Gasteiger partial charge in [0.2, 0.25) is 0 Å². The van der Waals surface area contributed by atoms with Crippen LogP contribution in [0.25, 0.3) is 12.2 Å². The molecule has 0 nitrogen and oxygen atoms in total. The maximum atomic E-state index is 2.33. The van der Waals surface area contributed by atoms with E-state index >= 15 is 0 Å². The maximum absolute atomic E-state index is 2.33. The van der Waals surface area contributed by atoms with Crippen molar-refractivity contribution < 1.29 is 0 Å². The zero-order valence-corrected chi connectivity index (χ0v) is 22.4. The number of benzene rings is 3. The van der Waals surface area contributed by atoms with Gasteiger partial charge in [0, 0.05) is 0 Å². The highest BCUT2D eigenvalue weighted by Crippen LogP contribution is 2.34.